The molecule has 0 saturated carbocycles. The lowest BCUT2D eigenvalue weighted by atomic mass is 10.2. The highest BCUT2D eigenvalue weighted by Gasteiger charge is 1.79. The Hall–Kier alpha value is -0.780. The van der Waals surface area contributed by atoms with Crippen LogP contribution in [0, 0.1) is 0 Å². The van der Waals surface area contributed by atoms with E-state index in [0.29, 0.717) is 0 Å². The van der Waals surface area contributed by atoms with Crippen molar-refractivity contribution in [3.05, 3.63) is 36.5 Å². The minimum Gasteiger partial charge on any atom is -0.0888 e. The SMILES string of the molecule is CC/C=C\C/C=C\CCC/C=C/CC. The molecular weight excluding hydrogens is 168 g/mol. The molecule has 0 unspecified atom stereocenters. The summed E-state index contributed by atoms with van der Waals surface area (Å²) in [6, 6.07) is 0. The van der Waals surface area contributed by atoms with E-state index in [1.807, 2.05) is 0 Å². The second-order valence-electron chi connectivity index (χ2n) is 3.40. The molecule has 0 aromatic rings. The number of unbranched alkanes of at least 4 members (excludes halogenated alkanes) is 2. The summed E-state index contributed by atoms with van der Waals surface area (Å²) < 4.78 is 0. The molecule has 0 N–H and O–H groups in total. The van der Waals surface area contributed by atoms with E-state index in [2.05, 4.69) is 50.3 Å². The van der Waals surface area contributed by atoms with Crippen molar-refractivity contribution in [2.45, 2.75) is 52.4 Å². The Balaban J connectivity index is 3.18. The van der Waals surface area contributed by atoms with Crippen LogP contribution in [0.4, 0.5) is 0 Å². The van der Waals surface area contributed by atoms with Gasteiger partial charge in [0, 0.05) is 0 Å². The lowest BCUT2D eigenvalue weighted by molar-refractivity contribution is 0.863. The first kappa shape index (κ1) is 13.2. The second-order valence-corrected chi connectivity index (χ2v) is 3.40. The topological polar surface area (TPSA) is 0 Å². The molecule has 0 aliphatic carbocycles. The highest BCUT2D eigenvalue weighted by atomic mass is 13.9. The molecular formula is C14H24. The summed E-state index contributed by atoms with van der Waals surface area (Å²) in [7, 11) is 0. The molecule has 0 amide bonds. The van der Waals surface area contributed by atoms with Crippen molar-refractivity contribution < 1.29 is 0 Å². The summed E-state index contributed by atoms with van der Waals surface area (Å²) in [6.07, 6.45) is 20.7. The van der Waals surface area contributed by atoms with Gasteiger partial charge in [-0.3, -0.25) is 0 Å². The standard InChI is InChI=1S/C14H24/c1-3-5-7-9-11-13-14-12-10-8-6-4-2/h5-8,11,13H,3-4,9-10,12,14H2,1-2H3/b7-5-,8-6+,13-11-. The minimum atomic E-state index is 1.10. The molecule has 0 heterocycles. The monoisotopic (exact) mass is 192 g/mol. The van der Waals surface area contributed by atoms with Crippen LogP contribution in [0.15, 0.2) is 36.5 Å². The largest absolute Gasteiger partial charge is 0.0888 e. The Labute approximate surface area is 89.4 Å². The van der Waals surface area contributed by atoms with Gasteiger partial charge in [0.25, 0.3) is 0 Å². The quantitative estimate of drug-likeness (QED) is 0.373. The van der Waals surface area contributed by atoms with Crippen LogP contribution >= 0.6 is 0 Å². The zero-order valence-corrected chi connectivity index (χ0v) is 9.71. The van der Waals surface area contributed by atoms with Gasteiger partial charge in [0.05, 0.1) is 0 Å². The third kappa shape index (κ3) is 11.2. The zero-order chi connectivity index (χ0) is 10.5. The summed E-state index contributed by atoms with van der Waals surface area (Å²) in [5.74, 6) is 0. The molecule has 0 radical (unpaired) electrons. The molecule has 0 rings (SSSR count). The fraction of sp³-hybridized carbons (Fsp3) is 0.571. The highest BCUT2D eigenvalue weighted by molar-refractivity contribution is 4.92. The fourth-order valence-corrected chi connectivity index (χ4v) is 1.19. The molecule has 0 aromatic carbocycles. The van der Waals surface area contributed by atoms with Crippen molar-refractivity contribution in [2.75, 3.05) is 0 Å². The summed E-state index contributed by atoms with van der Waals surface area (Å²) in [5.41, 5.74) is 0. The van der Waals surface area contributed by atoms with Gasteiger partial charge in [0.2, 0.25) is 0 Å². The maximum atomic E-state index is 2.29. The Morgan fingerprint density at radius 2 is 1.14 bits per heavy atom. The molecule has 0 aliphatic heterocycles. The van der Waals surface area contributed by atoms with E-state index in [0.717, 1.165) is 19.3 Å². The Kier molecular flexibility index (Phi) is 11.5. The smallest absolute Gasteiger partial charge is 0.0169 e. The van der Waals surface area contributed by atoms with Gasteiger partial charge in [-0.25, -0.2) is 0 Å². The van der Waals surface area contributed by atoms with Gasteiger partial charge in [-0.15, -0.1) is 0 Å². The predicted octanol–water partition coefficient (Wildman–Crippen LogP) is 5.04. The zero-order valence-electron chi connectivity index (χ0n) is 9.71. The summed E-state index contributed by atoms with van der Waals surface area (Å²) in [5, 5.41) is 0. The van der Waals surface area contributed by atoms with E-state index < -0.39 is 0 Å². The molecule has 0 bridgehead atoms. The molecule has 0 atom stereocenters. The molecule has 0 fully saturated rings. The Morgan fingerprint density at radius 3 is 1.79 bits per heavy atom. The summed E-state index contributed by atoms with van der Waals surface area (Å²) >= 11 is 0. The van der Waals surface area contributed by atoms with Crippen LogP contribution in [0.2, 0.25) is 0 Å². The Morgan fingerprint density at radius 1 is 0.643 bits per heavy atom. The third-order valence-corrected chi connectivity index (χ3v) is 1.99. The number of rotatable bonds is 8. The van der Waals surface area contributed by atoms with Crippen molar-refractivity contribution in [3.8, 4) is 0 Å². The second kappa shape index (κ2) is 12.2. The third-order valence-electron chi connectivity index (χ3n) is 1.99. The van der Waals surface area contributed by atoms with Crippen LogP contribution in [-0.4, -0.2) is 0 Å². The van der Waals surface area contributed by atoms with Crippen LogP contribution in [0.5, 0.6) is 0 Å². The number of hydrogen-bond donors (Lipinski definition) is 0. The van der Waals surface area contributed by atoms with Gasteiger partial charge in [0.15, 0.2) is 0 Å². The van der Waals surface area contributed by atoms with Crippen LogP contribution in [-0.2, 0) is 0 Å². The predicted molar refractivity (Wildman–Crippen MR) is 66.5 cm³/mol. The van der Waals surface area contributed by atoms with Gasteiger partial charge >= 0.3 is 0 Å². The maximum absolute atomic E-state index is 2.29. The molecule has 0 nitrogen and oxygen atoms in total. The van der Waals surface area contributed by atoms with Crippen molar-refractivity contribution in [2.24, 2.45) is 0 Å². The van der Waals surface area contributed by atoms with Gasteiger partial charge in [0.1, 0.15) is 0 Å². The van der Waals surface area contributed by atoms with E-state index >= 15 is 0 Å². The molecule has 0 aliphatic rings. The lowest BCUT2D eigenvalue weighted by Gasteiger charge is -1.89. The number of hydrogen-bond acceptors (Lipinski definition) is 0. The van der Waals surface area contributed by atoms with Crippen LogP contribution in [0.25, 0.3) is 0 Å². The normalized spacial score (nSPS) is 12.4. The summed E-state index contributed by atoms with van der Waals surface area (Å²) in [6.45, 7) is 4.34. The summed E-state index contributed by atoms with van der Waals surface area (Å²) in [4.78, 5) is 0. The van der Waals surface area contributed by atoms with E-state index in [1.54, 1.807) is 0 Å². The van der Waals surface area contributed by atoms with E-state index in [1.165, 1.54) is 19.3 Å². The van der Waals surface area contributed by atoms with Gasteiger partial charge < -0.3 is 0 Å². The van der Waals surface area contributed by atoms with Crippen LogP contribution in [0.1, 0.15) is 52.4 Å². The lowest BCUT2D eigenvalue weighted by Crippen LogP contribution is -1.69. The molecule has 80 valence electrons. The average molecular weight is 192 g/mol. The van der Waals surface area contributed by atoms with Crippen molar-refractivity contribution in [3.63, 3.8) is 0 Å². The molecule has 0 spiro atoms. The number of allylic oxidation sites excluding steroid dienone is 6. The average Bonchev–Trinajstić information content (AvgIpc) is 2.21. The van der Waals surface area contributed by atoms with E-state index in [-0.39, 0.29) is 0 Å². The van der Waals surface area contributed by atoms with Crippen molar-refractivity contribution in [1.82, 2.24) is 0 Å². The van der Waals surface area contributed by atoms with Crippen LogP contribution in [0.3, 0.4) is 0 Å². The van der Waals surface area contributed by atoms with E-state index in [9.17, 15) is 0 Å². The van der Waals surface area contributed by atoms with Crippen LogP contribution < -0.4 is 0 Å². The van der Waals surface area contributed by atoms with Gasteiger partial charge in [-0.1, -0.05) is 50.3 Å². The molecule has 0 saturated heterocycles. The first-order valence-corrected chi connectivity index (χ1v) is 5.86. The van der Waals surface area contributed by atoms with Gasteiger partial charge in [-0.2, -0.15) is 0 Å². The van der Waals surface area contributed by atoms with E-state index in [4.69, 9.17) is 0 Å². The fourth-order valence-electron chi connectivity index (χ4n) is 1.19. The molecule has 0 aromatic heterocycles. The molecule has 14 heavy (non-hydrogen) atoms. The van der Waals surface area contributed by atoms with Gasteiger partial charge in [-0.05, 0) is 38.5 Å². The highest BCUT2D eigenvalue weighted by Crippen LogP contribution is 1.99. The maximum Gasteiger partial charge on any atom is -0.0169 e. The van der Waals surface area contributed by atoms with Crippen molar-refractivity contribution >= 4 is 0 Å². The first-order chi connectivity index (χ1) is 6.91. The molecule has 0 heteroatoms. The minimum absolute atomic E-state index is 1.10. The first-order valence-electron chi connectivity index (χ1n) is 5.86. The Bertz CT molecular complexity index is 172. The van der Waals surface area contributed by atoms with Crippen molar-refractivity contribution in [1.29, 1.82) is 0 Å².